The van der Waals surface area contributed by atoms with Crippen molar-refractivity contribution in [2.45, 2.75) is 6.61 Å². The second-order valence-corrected chi connectivity index (χ2v) is 4.38. The van der Waals surface area contributed by atoms with Crippen LogP contribution in [-0.4, -0.2) is 13.1 Å². The van der Waals surface area contributed by atoms with Gasteiger partial charge in [0.05, 0.1) is 12.1 Å². The summed E-state index contributed by atoms with van der Waals surface area (Å²) in [5, 5.41) is 0.748. The predicted molar refractivity (Wildman–Crippen MR) is 70.8 cm³/mol. The van der Waals surface area contributed by atoms with Gasteiger partial charge in [0.15, 0.2) is 0 Å². The minimum atomic E-state index is -0.535. The number of rotatable bonds is 4. The molecule has 0 spiro atoms. The first-order valence-corrected chi connectivity index (χ1v) is 6.11. The van der Waals surface area contributed by atoms with Gasteiger partial charge in [0.2, 0.25) is 5.76 Å². The summed E-state index contributed by atoms with van der Waals surface area (Å²) >= 11 is 11.8. The second-order valence-electron chi connectivity index (χ2n) is 3.60. The maximum atomic E-state index is 11.2. The third-order valence-corrected chi connectivity index (χ3v) is 3.14. The Kier molecular flexibility index (Phi) is 4.35. The molecule has 0 fully saturated rings. The molecule has 6 heteroatoms. The summed E-state index contributed by atoms with van der Waals surface area (Å²) in [5.74, 6) is 0.520. The van der Waals surface area contributed by atoms with E-state index < -0.39 is 5.97 Å². The zero-order valence-corrected chi connectivity index (χ0v) is 11.5. The lowest BCUT2D eigenvalue weighted by Crippen LogP contribution is -1.99. The fourth-order valence-electron chi connectivity index (χ4n) is 1.41. The molecule has 0 unspecified atom stereocenters. The van der Waals surface area contributed by atoms with Gasteiger partial charge in [-0.05, 0) is 24.3 Å². The van der Waals surface area contributed by atoms with Crippen molar-refractivity contribution in [1.82, 2.24) is 0 Å². The quantitative estimate of drug-likeness (QED) is 0.802. The fourth-order valence-corrected chi connectivity index (χ4v) is 1.76. The molecule has 2 aromatic rings. The first kappa shape index (κ1) is 13.8. The van der Waals surface area contributed by atoms with Crippen molar-refractivity contribution in [2.24, 2.45) is 0 Å². The Morgan fingerprint density at radius 1 is 1.26 bits per heavy atom. The molecule has 100 valence electrons. The van der Waals surface area contributed by atoms with E-state index in [0.29, 0.717) is 21.6 Å². The van der Waals surface area contributed by atoms with Crippen LogP contribution in [0.3, 0.4) is 0 Å². The zero-order valence-electron chi connectivity index (χ0n) is 9.98. The first-order chi connectivity index (χ1) is 9.11. The number of benzene rings is 1. The van der Waals surface area contributed by atoms with E-state index in [-0.39, 0.29) is 12.4 Å². The molecule has 0 saturated carbocycles. The molecule has 1 aromatic heterocycles. The lowest BCUT2D eigenvalue weighted by molar-refractivity contribution is 0.0561. The van der Waals surface area contributed by atoms with Gasteiger partial charge in [0, 0.05) is 0 Å². The lowest BCUT2D eigenvalue weighted by Gasteiger charge is -2.07. The van der Waals surface area contributed by atoms with Crippen LogP contribution in [0.2, 0.25) is 10.0 Å². The summed E-state index contributed by atoms with van der Waals surface area (Å²) in [5.41, 5.74) is 0. The first-order valence-electron chi connectivity index (χ1n) is 5.35. The summed E-state index contributed by atoms with van der Waals surface area (Å²) in [4.78, 5) is 11.2. The van der Waals surface area contributed by atoms with Crippen LogP contribution in [0, 0.1) is 0 Å². The van der Waals surface area contributed by atoms with Gasteiger partial charge in [-0.1, -0.05) is 29.3 Å². The molecule has 0 aliphatic rings. The van der Waals surface area contributed by atoms with Gasteiger partial charge in [-0.25, -0.2) is 4.79 Å². The van der Waals surface area contributed by atoms with Crippen molar-refractivity contribution in [3.05, 3.63) is 51.9 Å². The predicted octanol–water partition coefficient (Wildman–Crippen LogP) is 3.95. The number of hydrogen-bond donors (Lipinski definition) is 0. The Morgan fingerprint density at radius 2 is 2.05 bits per heavy atom. The van der Waals surface area contributed by atoms with Crippen molar-refractivity contribution in [3.63, 3.8) is 0 Å². The summed E-state index contributed by atoms with van der Waals surface area (Å²) in [6.45, 7) is 0.136. The molecule has 2 rings (SSSR count). The van der Waals surface area contributed by atoms with Crippen LogP contribution in [-0.2, 0) is 11.3 Å². The van der Waals surface area contributed by atoms with Crippen LogP contribution in [0.25, 0.3) is 0 Å². The molecule has 0 saturated heterocycles. The average Bonchev–Trinajstić information content (AvgIpc) is 2.88. The Bertz CT molecular complexity index is 592. The Labute approximate surface area is 119 Å². The monoisotopic (exact) mass is 300 g/mol. The van der Waals surface area contributed by atoms with E-state index in [1.54, 1.807) is 24.3 Å². The fraction of sp³-hybridized carbons (Fsp3) is 0.154. The van der Waals surface area contributed by atoms with Gasteiger partial charge in [0.1, 0.15) is 23.1 Å². The van der Waals surface area contributed by atoms with Crippen molar-refractivity contribution in [3.8, 4) is 5.75 Å². The number of methoxy groups -OCH3 is 1. The maximum Gasteiger partial charge on any atom is 0.373 e. The van der Waals surface area contributed by atoms with Gasteiger partial charge in [-0.3, -0.25) is 0 Å². The molecular formula is C13H10Cl2O4. The van der Waals surface area contributed by atoms with E-state index >= 15 is 0 Å². The van der Waals surface area contributed by atoms with Gasteiger partial charge in [-0.15, -0.1) is 0 Å². The topological polar surface area (TPSA) is 48.7 Å². The lowest BCUT2D eigenvalue weighted by atomic mass is 10.3. The normalized spacial score (nSPS) is 10.3. The minimum Gasteiger partial charge on any atom is -0.484 e. The second kappa shape index (κ2) is 5.99. The summed E-state index contributed by atoms with van der Waals surface area (Å²) in [6.07, 6.45) is 0. The van der Waals surface area contributed by atoms with Gasteiger partial charge in [0.25, 0.3) is 0 Å². The summed E-state index contributed by atoms with van der Waals surface area (Å²) < 4.78 is 15.3. The highest BCUT2D eigenvalue weighted by atomic mass is 35.5. The zero-order chi connectivity index (χ0) is 13.8. The van der Waals surface area contributed by atoms with Crippen molar-refractivity contribution in [2.75, 3.05) is 7.11 Å². The highest BCUT2D eigenvalue weighted by Gasteiger charge is 2.12. The molecule has 0 amide bonds. The minimum absolute atomic E-state index is 0.123. The number of furan rings is 1. The number of halogens is 2. The molecule has 19 heavy (non-hydrogen) atoms. The summed E-state index contributed by atoms with van der Waals surface area (Å²) in [7, 11) is 1.28. The van der Waals surface area contributed by atoms with Gasteiger partial charge < -0.3 is 13.9 Å². The SMILES string of the molecule is COC(=O)c1ccc(COc2cccc(Cl)c2Cl)o1. The van der Waals surface area contributed by atoms with Crippen LogP contribution < -0.4 is 4.74 Å². The maximum absolute atomic E-state index is 11.2. The van der Waals surface area contributed by atoms with E-state index in [1.165, 1.54) is 13.2 Å². The third-order valence-electron chi connectivity index (χ3n) is 2.33. The molecular weight excluding hydrogens is 291 g/mol. The Hall–Kier alpha value is -1.65. The molecule has 0 atom stereocenters. The molecule has 0 radical (unpaired) electrons. The van der Waals surface area contributed by atoms with Crippen molar-refractivity contribution >= 4 is 29.2 Å². The highest BCUT2D eigenvalue weighted by Crippen LogP contribution is 2.32. The van der Waals surface area contributed by atoms with Crippen molar-refractivity contribution in [1.29, 1.82) is 0 Å². The van der Waals surface area contributed by atoms with E-state index in [4.69, 9.17) is 32.4 Å². The third kappa shape index (κ3) is 3.22. The number of carbonyl (C=O) groups is 1. The van der Waals surface area contributed by atoms with E-state index in [0.717, 1.165) is 0 Å². The average molecular weight is 301 g/mol. The number of esters is 1. The molecule has 0 bridgehead atoms. The largest absolute Gasteiger partial charge is 0.484 e. The Morgan fingerprint density at radius 3 is 2.79 bits per heavy atom. The highest BCUT2D eigenvalue weighted by molar-refractivity contribution is 6.42. The van der Waals surface area contributed by atoms with Crippen LogP contribution in [0.1, 0.15) is 16.3 Å². The number of hydrogen-bond acceptors (Lipinski definition) is 4. The number of ether oxygens (including phenoxy) is 2. The van der Waals surface area contributed by atoms with Crippen LogP contribution >= 0.6 is 23.2 Å². The molecule has 0 aliphatic heterocycles. The van der Waals surface area contributed by atoms with E-state index in [2.05, 4.69) is 4.74 Å². The molecule has 4 nitrogen and oxygen atoms in total. The smallest absolute Gasteiger partial charge is 0.373 e. The molecule has 0 aliphatic carbocycles. The van der Waals surface area contributed by atoms with Crippen LogP contribution in [0.4, 0.5) is 0 Å². The van der Waals surface area contributed by atoms with E-state index in [1.807, 2.05) is 0 Å². The van der Waals surface area contributed by atoms with Crippen LogP contribution in [0.5, 0.6) is 5.75 Å². The number of carbonyl (C=O) groups excluding carboxylic acids is 1. The van der Waals surface area contributed by atoms with Gasteiger partial charge in [-0.2, -0.15) is 0 Å². The van der Waals surface area contributed by atoms with Crippen LogP contribution in [0.15, 0.2) is 34.7 Å². The molecule has 0 N–H and O–H groups in total. The summed E-state index contributed by atoms with van der Waals surface area (Å²) in [6, 6.07) is 8.23. The molecule has 1 aromatic carbocycles. The molecule has 1 heterocycles. The van der Waals surface area contributed by atoms with Crippen molar-refractivity contribution < 1.29 is 18.7 Å². The van der Waals surface area contributed by atoms with Gasteiger partial charge >= 0.3 is 5.97 Å². The Balaban J connectivity index is 2.04. The standard InChI is InChI=1S/C13H10Cl2O4/c1-17-13(16)11-6-5-8(19-11)7-18-10-4-2-3-9(14)12(10)15/h2-6H,7H2,1H3. The van der Waals surface area contributed by atoms with E-state index in [9.17, 15) is 4.79 Å².